The SMILES string of the molecule is O=C(C1=C(O)C(=O)N(Cc2ccccn2)C1c1cccc(O)c1)c1cccs1. The zero-order valence-corrected chi connectivity index (χ0v) is 15.5. The number of phenolic OH excluding ortho intramolecular Hbond substituents is 1. The van der Waals surface area contributed by atoms with Crippen LogP contribution in [0.4, 0.5) is 0 Å². The molecule has 0 saturated heterocycles. The van der Waals surface area contributed by atoms with Gasteiger partial charge in [-0.2, -0.15) is 0 Å². The van der Waals surface area contributed by atoms with Gasteiger partial charge in [0.2, 0.25) is 5.78 Å². The summed E-state index contributed by atoms with van der Waals surface area (Å²) < 4.78 is 0. The van der Waals surface area contributed by atoms with Crippen molar-refractivity contribution < 1.29 is 19.8 Å². The first-order valence-electron chi connectivity index (χ1n) is 8.57. The number of Topliss-reactive ketones (excluding diaryl/α,β-unsaturated/α-hetero) is 1. The summed E-state index contributed by atoms with van der Waals surface area (Å²) in [6.45, 7) is 0.116. The Morgan fingerprint density at radius 1 is 1.11 bits per heavy atom. The fourth-order valence-electron chi connectivity index (χ4n) is 3.30. The second-order valence-electron chi connectivity index (χ2n) is 6.32. The van der Waals surface area contributed by atoms with Crippen LogP contribution in [0.1, 0.15) is 27.0 Å². The number of carbonyl (C=O) groups is 2. The highest BCUT2D eigenvalue weighted by molar-refractivity contribution is 7.12. The van der Waals surface area contributed by atoms with Crippen LogP contribution < -0.4 is 0 Å². The summed E-state index contributed by atoms with van der Waals surface area (Å²) in [5.41, 5.74) is 1.17. The van der Waals surface area contributed by atoms with Gasteiger partial charge in [-0.1, -0.05) is 24.3 Å². The van der Waals surface area contributed by atoms with Crippen molar-refractivity contribution in [1.29, 1.82) is 0 Å². The molecule has 0 spiro atoms. The first-order chi connectivity index (χ1) is 13.6. The van der Waals surface area contributed by atoms with Crippen LogP contribution in [0.25, 0.3) is 0 Å². The highest BCUT2D eigenvalue weighted by Gasteiger charge is 2.44. The maximum atomic E-state index is 13.1. The normalized spacial score (nSPS) is 16.6. The number of rotatable bonds is 5. The summed E-state index contributed by atoms with van der Waals surface area (Å²) in [6.07, 6.45) is 1.62. The minimum absolute atomic E-state index is 0.00832. The molecule has 2 N–H and O–H groups in total. The van der Waals surface area contributed by atoms with Crippen molar-refractivity contribution in [2.75, 3.05) is 0 Å². The molecule has 7 heteroatoms. The van der Waals surface area contributed by atoms with Crippen LogP contribution >= 0.6 is 11.3 Å². The molecule has 1 unspecified atom stereocenters. The van der Waals surface area contributed by atoms with E-state index in [2.05, 4.69) is 4.98 Å². The van der Waals surface area contributed by atoms with Crippen molar-refractivity contribution in [1.82, 2.24) is 9.88 Å². The predicted molar refractivity (Wildman–Crippen MR) is 104 cm³/mol. The van der Waals surface area contributed by atoms with Crippen LogP contribution in [0.2, 0.25) is 0 Å². The van der Waals surface area contributed by atoms with E-state index in [1.165, 1.54) is 28.4 Å². The Labute approximate surface area is 165 Å². The van der Waals surface area contributed by atoms with Gasteiger partial charge in [-0.15, -0.1) is 11.3 Å². The molecule has 0 bridgehead atoms. The molecule has 140 valence electrons. The Bertz CT molecular complexity index is 1060. The largest absolute Gasteiger partial charge is 0.508 e. The molecular weight excluding hydrogens is 376 g/mol. The minimum atomic E-state index is -0.823. The maximum absolute atomic E-state index is 13.1. The van der Waals surface area contributed by atoms with E-state index in [0.29, 0.717) is 16.1 Å². The molecule has 0 saturated carbocycles. The highest BCUT2D eigenvalue weighted by atomic mass is 32.1. The number of nitrogens with zero attached hydrogens (tertiary/aromatic N) is 2. The average Bonchev–Trinajstić information content (AvgIpc) is 3.32. The molecule has 4 rings (SSSR count). The third kappa shape index (κ3) is 3.16. The van der Waals surface area contributed by atoms with E-state index in [9.17, 15) is 19.8 Å². The van der Waals surface area contributed by atoms with E-state index in [0.717, 1.165) is 0 Å². The van der Waals surface area contributed by atoms with Crippen LogP contribution in [0.15, 0.2) is 77.5 Å². The van der Waals surface area contributed by atoms with Crippen molar-refractivity contribution in [2.24, 2.45) is 0 Å². The van der Waals surface area contributed by atoms with Gasteiger partial charge in [-0.05, 0) is 41.3 Å². The molecule has 2 aromatic heterocycles. The summed E-state index contributed by atoms with van der Waals surface area (Å²) in [7, 11) is 0. The lowest BCUT2D eigenvalue weighted by Gasteiger charge is -2.26. The molecular formula is C21H16N2O4S. The lowest BCUT2D eigenvalue weighted by atomic mass is 9.95. The third-order valence-corrected chi connectivity index (χ3v) is 5.41. The maximum Gasteiger partial charge on any atom is 0.290 e. The van der Waals surface area contributed by atoms with E-state index in [4.69, 9.17) is 0 Å². The number of hydrogen-bond donors (Lipinski definition) is 2. The number of carbonyl (C=O) groups excluding carboxylic acids is 2. The molecule has 1 aliphatic rings. The molecule has 0 fully saturated rings. The van der Waals surface area contributed by atoms with E-state index < -0.39 is 23.5 Å². The van der Waals surface area contributed by atoms with Gasteiger partial charge in [0.25, 0.3) is 5.91 Å². The molecule has 1 aromatic carbocycles. The van der Waals surface area contributed by atoms with Crippen molar-refractivity contribution in [3.05, 3.63) is 93.6 Å². The Balaban J connectivity index is 1.81. The molecule has 0 aliphatic carbocycles. The van der Waals surface area contributed by atoms with E-state index in [-0.39, 0.29) is 17.9 Å². The van der Waals surface area contributed by atoms with Crippen molar-refractivity contribution >= 4 is 23.0 Å². The Morgan fingerprint density at radius 3 is 2.64 bits per heavy atom. The quantitative estimate of drug-likeness (QED) is 0.647. The smallest absolute Gasteiger partial charge is 0.290 e. The minimum Gasteiger partial charge on any atom is -0.508 e. The second-order valence-corrected chi connectivity index (χ2v) is 7.27. The van der Waals surface area contributed by atoms with Gasteiger partial charge < -0.3 is 15.1 Å². The summed E-state index contributed by atoms with van der Waals surface area (Å²) in [4.78, 5) is 32.0. The van der Waals surface area contributed by atoms with E-state index >= 15 is 0 Å². The zero-order valence-electron chi connectivity index (χ0n) is 14.6. The molecule has 6 nitrogen and oxygen atoms in total. The number of pyridine rings is 1. The first kappa shape index (κ1) is 17.9. The van der Waals surface area contributed by atoms with E-state index in [1.54, 1.807) is 54.0 Å². The topological polar surface area (TPSA) is 90.7 Å². The number of thiophene rings is 1. The molecule has 28 heavy (non-hydrogen) atoms. The van der Waals surface area contributed by atoms with Gasteiger partial charge in [0.1, 0.15) is 5.75 Å². The number of aromatic hydroxyl groups is 1. The van der Waals surface area contributed by atoms with Gasteiger partial charge in [0, 0.05) is 6.20 Å². The summed E-state index contributed by atoms with van der Waals surface area (Å²) in [5, 5.41) is 22.2. The number of aromatic nitrogens is 1. The number of phenols is 1. The van der Waals surface area contributed by atoms with Crippen LogP contribution in [-0.2, 0) is 11.3 Å². The number of benzene rings is 1. The van der Waals surface area contributed by atoms with Crippen molar-refractivity contribution in [2.45, 2.75) is 12.6 Å². The second kappa shape index (κ2) is 7.28. The number of aliphatic hydroxyl groups excluding tert-OH is 1. The monoisotopic (exact) mass is 392 g/mol. The molecule has 3 heterocycles. The predicted octanol–water partition coefficient (Wildman–Crippen LogP) is 3.63. The highest BCUT2D eigenvalue weighted by Crippen LogP contribution is 2.40. The Hall–Kier alpha value is -3.45. The number of hydrogen-bond acceptors (Lipinski definition) is 6. The molecule has 0 radical (unpaired) electrons. The van der Waals surface area contributed by atoms with Gasteiger partial charge in [-0.3, -0.25) is 14.6 Å². The lowest BCUT2D eigenvalue weighted by Crippen LogP contribution is -2.31. The van der Waals surface area contributed by atoms with Gasteiger partial charge in [0.15, 0.2) is 5.76 Å². The van der Waals surface area contributed by atoms with Crippen LogP contribution in [0.3, 0.4) is 0 Å². The summed E-state index contributed by atoms with van der Waals surface area (Å²) in [6, 6.07) is 14.2. The molecule has 1 amide bonds. The zero-order chi connectivity index (χ0) is 19.7. The summed E-state index contributed by atoms with van der Waals surface area (Å²) >= 11 is 1.24. The van der Waals surface area contributed by atoms with Crippen LogP contribution in [0, 0.1) is 0 Å². The Morgan fingerprint density at radius 2 is 1.96 bits per heavy atom. The van der Waals surface area contributed by atoms with Crippen molar-refractivity contribution in [3.63, 3.8) is 0 Å². The third-order valence-electron chi connectivity index (χ3n) is 4.54. The molecule has 1 aliphatic heterocycles. The standard InChI is InChI=1S/C21H16N2O4S/c24-15-7-3-5-13(11-15)18-17(19(25)16-8-4-10-28-16)20(26)21(27)23(18)12-14-6-1-2-9-22-14/h1-11,18,24,26H,12H2. The average molecular weight is 392 g/mol. The summed E-state index contributed by atoms with van der Waals surface area (Å²) in [5.74, 6) is -1.60. The number of aliphatic hydroxyl groups is 1. The van der Waals surface area contributed by atoms with Gasteiger partial charge in [0.05, 0.1) is 28.7 Å². The fourth-order valence-corrected chi connectivity index (χ4v) is 3.97. The first-order valence-corrected chi connectivity index (χ1v) is 9.45. The van der Waals surface area contributed by atoms with Gasteiger partial charge in [-0.25, -0.2) is 0 Å². The van der Waals surface area contributed by atoms with Gasteiger partial charge >= 0.3 is 0 Å². The van der Waals surface area contributed by atoms with E-state index in [1.807, 2.05) is 0 Å². The van der Waals surface area contributed by atoms with Crippen LogP contribution in [-0.4, -0.2) is 31.8 Å². The number of amides is 1. The number of ketones is 1. The molecule has 3 aromatic rings. The van der Waals surface area contributed by atoms with Crippen LogP contribution in [0.5, 0.6) is 5.75 Å². The lowest BCUT2D eigenvalue weighted by molar-refractivity contribution is -0.130. The fraction of sp³-hybridized carbons (Fsp3) is 0.0952. The van der Waals surface area contributed by atoms with Crippen molar-refractivity contribution in [3.8, 4) is 5.75 Å². The Kier molecular flexibility index (Phi) is 4.67. The molecule has 1 atom stereocenters.